The first kappa shape index (κ1) is 24.9. The average molecular weight is 535 g/mol. The number of ether oxygens (including phenoxy) is 2. The van der Waals surface area contributed by atoms with Crippen molar-refractivity contribution in [1.82, 2.24) is 10.2 Å². The van der Waals surface area contributed by atoms with Crippen molar-refractivity contribution in [3.8, 4) is 5.75 Å². The number of aryl methyl sites for hydroxylation is 2. The number of carbonyl (C=O) groups excluding carboxylic acids is 2. The van der Waals surface area contributed by atoms with E-state index < -0.39 is 28.0 Å². The Hall–Kier alpha value is -3.16. The third-order valence-electron chi connectivity index (χ3n) is 5.06. The van der Waals surface area contributed by atoms with Crippen LogP contribution in [0.25, 0.3) is 0 Å². The number of hydrogen-bond acceptors (Lipinski definition) is 10. The number of amides is 1. The molecule has 1 aromatic heterocycles. The largest absolute Gasteiger partial charge is 0.476 e. The lowest BCUT2D eigenvalue weighted by atomic mass is 10.1. The third kappa shape index (κ3) is 5.57. The number of nitrogens with one attached hydrogen (secondary N) is 1. The summed E-state index contributed by atoms with van der Waals surface area (Å²) in [5.74, 6) is -0.632. The van der Waals surface area contributed by atoms with E-state index in [0.29, 0.717) is 10.0 Å². The zero-order valence-corrected chi connectivity index (χ0v) is 21.5. The Bertz CT molecular complexity index is 1360. The van der Waals surface area contributed by atoms with Crippen LogP contribution in [-0.2, 0) is 24.3 Å². The highest BCUT2D eigenvalue weighted by molar-refractivity contribution is 8.01. The molecule has 1 atom stereocenters. The number of nitrogens with zero attached hydrogens (tertiary/aromatic N) is 3. The predicted octanol–water partition coefficient (Wildman–Crippen LogP) is 3.02. The zero-order chi connectivity index (χ0) is 25.2. The molecule has 0 aliphatic carbocycles. The molecule has 1 aliphatic rings. The second kappa shape index (κ2) is 10.2. The molecule has 1 amide bonds. The summed E-state index contributed by atoms with van der Waals surface area (Å²) in [6.07, 6.45) is -1.12. The normalized spacial score (nSPS) is 15.2. The average Bonchev–Trinajstić information content (AvgIpc) is 3.29. The number of methoxy groups -OCH3 is 1. The van der Waals surface area contributed by atoms with Gasteiger partial charge in [-0.15, -0.1) is 10.2 Å². The molecular formula is C22H22N4O6S3. The molecule has 2 heterocycles. The molecular weight excluding hydrogens is 512 g/mol. The molecule has 4 rings (SSSR count). The summed E-state index contributed by atoms with van der Waals surface area (Å²) in [6, 6.07) is 11.7. The lowest BCUT2D eigenvalue weighted by Gasteiger charge is -2.34. The molecule has 1 N–H and O–H groups in total. The van der Waals surface area contributed by atoms with E-state index in [4.69, 9.17) is 4.74 Å². The molecule has 2 aromatic carbocycles. The standard InChI is InChI=1S/C22H22N4O6S3/c1-13-4-7-15(8-5-13)35(29,30)26-11-18(32-17-9-6-14(2)10-16(17)26)20(28)23-21-24-25-22(34-21)33-12-19(27)31-3/h4-10,18H,11-12H2,1-3H3,(H,23,24,28)/t18-/m1/s1. The second-order valence-corrected chi connectivity index (χ2v) is 11.7. The first-order valence-corrected chi connectivity index (χ1v) is 13.6. The molecule has 0 saturated carbocycles. The first-order valence-electron chi connectivity index (χ1n) is 10.4. The van der Waals surface area contributed by atoms with Crippen LogP contribution in [0.3, 0.4) is 0 Å². The van der Waals surface area contributed by atoms with Crippen LogP contribution in [0.15, 0.2) is 51.7 Å². The van der Waals surface area contributed by atoms with Gasteiger partial charge in [-0.05, 0) is 43.7 Å². The van der Waals surface area contributed by atoms with Crippen LogP contribution < -0.4 is 14.4 Å². The van der Waals surface area contributed by atoms with Gasteiger partial charge in [-0.2, -0.15) is 0 Å². The SMILES string of the molecule is COC(=O)CSc1nnc(NC(=O)[C@H]2CN(S(=O)(=O)c3ccc(C)cc3)c3cc(C)ccc3O2)s1. The highest BCUT2D eigenvalue weighted by Gasteiger charge is 2.38. The van der Waals surface area contributed by atoms with Crippen molar-refractivity contribution in [3.63, 3.8) is 0 Å². The van der Waals surface area contributed by atoms with E-state index in [9.17, 15) is 18.0 Å². The van der Waals surface area contributed by atoms with Crippen molar-refractivity contribution in [1.29, 1.82) is 0 Å². The summed E-state index contributed by atoms with van der Waals surface area (Å²) in [6.45, 7) is 3.50. The Balaban J connectivity index is 1.56. The smallest absolute Gasteiger partial charge is 0.316 e. The fourth-order valence-corrected chi connectivity index (χ4v) is 6.30. The number of anilines is 2. The van der Waals surface area contributed by atoms with Crippen LogP contribution in [0.2, 0.25) is 0 Å². The van der Waals surface area contributed by atoms with Crippen molar-refractivity contribution < 1.29 is 27.5 Å². The topological polar surface area (TPSA) is 128 Å². The molecule has 13 heteroatoms. The van der Waals surface area contributed by atoms with Crippen LogP contribution in [0.4, 0.5) is 10.8 Å². The minimum atomic E-state index is -3.96. The molecule has 10 nitrogen and oxygen atoms in total. The fourth-order valence-electron chi connectivity index (χ4n) is 3.25. The lowest BCUT2D eigenvalue weighted by molar-refractivity contribution is -0.137. The summed E-state index contributed by atoms with van der Waals surface area (Å²) < 4.78 is 39.2. The number of esters is 1. The van der Waals surface area contributed by atoms with Crippen LogP contribution in [-0.4, -0.2) is 56.0 Å². The van der Waals surface area contributed by atoms with Gasteiger partial charge in [0.25, 0.3) is 15.9 Å². The second-order valence-electron chi connectivity index (χ2n) is 7.65. The molecule has 0 radical (unpaired) electrons. The van der Waals surface area contributed by atoms with Gasteiger partial charge in [-0.25, -0.2) is 8.42 Å². The van der Waals surface area contributed by atoms with Gasteiger partial charge in [0.2, 0.25) is 5.13 Å². The molecule has 0 fully saturated rings. The zero-order valence-electron chi connectivity index (χ0n) is 19.0. The Labute approximate surface area is 210 Å². The number of thioether (sulfide) groups is 1. The Morgan fingerprint density at radius 3 is 2.60 bits per heavy atom. The Morgan fingerprint density at radius 1 is 1.17 bits per heavy atom. The number of hydrogen-bond donors (Lipinski definition) is 1. The number of rotatable bonds is 7. The maximum atomic E-state index is 13.5. The van der Waals surface area contributed by atoms with E-state index in [0.717, 1.165) is 34.2 Å². The molecule has 35 heavy (non-hydrogen) atoms. The van der Waals surface area contributed by atoms with Gasteiger partial charge in [-0.3, -0.25) is 19.2 Å². The number of fused-ring (bicyclic) bond motifs is 1. The van der Waals surface area contributed by atoms with E-state index in [-0.39, 0.29) is 28.1 Å². The number of sulfonamides is 1. The molecule has 0 spiro atoms. The number of aromatic nitrogens is 2. The molecule has 3 aromatic rings. The van der Waals surface area contributed by atoms with Gasteiger partial charge in [0, 0.05) is 0 Å². The monoisotopic (exact) mass is 534 g/mol. The summed E-state index contributed by atoms with van der Waals surface area (Å²) in [4.78, 5) is 24.4. The minimum absolute atomic E-state index is 0.0623. The fraction of sp³-hybridized carbons (Fsp3) is 0.273. The Morgan fingerprint density at radius 2 is 1.89 bits per heavy atom. The van der Waals surface area contributed by atoms with Crippen molar-refractivity contribution in [3.05, 3.63) is 53.6 Å². The van der Waals surface area contributed by atoms with E-state index >= 15 is 0 Å². The highest BCUT2D eigenvalue weighted by atomic mass is 32.2. The van der Waals surface area contributed by atoms with Crippen molar-refractivity contribution in [2.45, 2.75) is 29.2 Å². The van der Waals surface area contributed by atoms with E-state index in [2.05, 4.69) is 20.3 Å². The van der Waals surface area contributed by atoms with Crippen molar-refractivity contribution in [2.24, 2.45) is 0 Å². The number of carbonyl (C=O) groups is 2. The van der Waals surface area contributed by atoms with E-state index in [1.54, 1.807) is 42.5 Å². The maximum absolute atomic E-state index is 13.5. The summed E-state index contributed by atoms with van der Waals surface area (Å²) in [7, 11) is -2.67. The maximum Gasteiger partial charge on any atom is 0.316 e. The Kier molecular flexibility index (Phi) is 7.28. The van der Waals surface area contributed by atoms with Gasteiger partial charge >= 0.3 is 5.97 Å². The van der Waals surface area contributed by atoms with E-state index in [1.165, 1.54) is 11.4 Å². The summed E-state index contributed by atoms with van der Waals surface area (Å²) in [5, 5.41) is 10.7. The van der Waals surface area contributed by atoms with Gasteiger partial charge < -0.3 is 9.47 Å². The summed E-state index contributed by atoms with van der Waals surface area (Å²) >= 11 is 2.21. The lowest BCUT2D eigenvalue weighted by Crippen LogP contribution is -2.48. The van der Waals surface area contributed by atoms with Crippen LogP contribution >= 0.6 is 23.1 Å². The van der Waals surface area contributed by atoms with Crippen molar-refractivity contribution >= 4 is 55.8 Å². The summed E-state index contributed by atoms with van der Waals surface area (Å²) in [5.41, 5.74) is 2.15. The van der Waals surface area contributed by atoms with Crippen molar-refractivity contribution in [2.75, 3.05) is 29.0 Å². The molecule has 184 valence electrons. The minimum Gasteiger partial charge on any atom is -0.476 e. The quantitative estimate of drug-likeness (QED) is 0.276. The number of benzene rings is 2. The molecule has 0 saturated heterocycles. The van der Waals surface area contributed by atoms with Crippen LogP contribution in [0.5, 0.6) is 5.75 Å². The van der Waals surface area contributed by atoms with Gasteiger partial charge in [0.05, 0.1) is 30.0 Å². The van der Waals surface area contributed by atoms with Gasteiger partial charge in [0.15, 0.2) is 10.4 Å². The molecule has 1 aliphatic heterocycles. The first-order chi connectivity index (χ1) is 16.7. The van der Waals surface area contributed by atoms with E-state index in [1.807, 2.05) is 13.8 Å². The highest BCUT2D eigenvalue weighted by Crippen LogP contribution is 2.38. The van der Waals surface area contributed by atoms with Gasteiger partial charge in [-0.1, -0.05) is 46.9 Å². The van der Waals surface area contributed by atoms with Crippen LogP contribution in [0.1, 0.15) is 11.1 Å². The third-order valence-corrected chi connectivity index (χ3v) is 8.80. The predicted molar refractivity (Wildman–Crippen MR) is 133 cm³/mol. The van der Waals surface area contributed by atoms with Gasteiger partial charge in [0.1, 0.15) is 5.75 Å². The van der Waals surface area contributed by atoms with Crippen LogP contribution in [0, 0.1) is 13.8 Å². The molecule has 0 bridgehead atoms. The molecule has 0 unspecified atom stereocenters.